The molecule has 184 valence electrons. The minimum atomic E-state index is -3.46. The van der Waals surface area contributed by atoms with Crippen LogP contribution in [0.3, 0.4) is 0 Å². The number of hydrogen-bond acceptors (Lipinski definition) is 5. The number of aryl methyl sites for hydroxylation is 1. The van der Waals surface area contributed by atoms with Gasteiger partial charge in [0.25, 0.3) is 5.91 Å². The van der Waals surface area contributed by atoms with Gasteiger partial charge in [-0.2, -0.15) is 4.31 Å². The Hall–Kier alpha value is -3.20. The van der Waals surface area contributed by atoms with Crippen LogP contribution in [0.15, 0.2) is 77.7 Å². The van der Waals surface area contributed by atoms with Crippen molar-refractivity contribution < 1.29 is 17.9 Å². The third kappa shape index (κ3) is 6.28. The molecule has 1 aliphatic rings. The van der Waals surface area contributed by atoms with Gasteiger partial charge in [0, 0.05) is 44.8 Å². The van der Waals surface area contributed by atoms with Crippen molar-refractivity contribution in [3.8, 4) is 5.75 Å². The van der Waals surface area contributed by atoms with E-state index in [1.165, 1.54) is 0 Å². The average molecular weight is 494 g/mol. The lowest BCUT2D eigenvalue weighted by Crippen LogP contribution is -2.48. The van der Waals surface area contributed by atoms with Crippen LogP contribution >= 0.6 is 0 Å². The topological polar surface area (TPSA) is 79.0 Å². The number of hydrogen-bond donors (Lipinski definition) is 1. The normalized spacial score (nSPS) is 15.0. The standard InChI is InChI=1S/C27H31N3O4S/c1-21-3-13-26(14-4-21)35(32,33)30-17-15-29(16-18-30)20-23-5-9-24(10-6-23)27(31)28-19-22-7-11-25(34-2)12-8-22/h3-14H,15-20H2,1-2H3,(H,28,31). The van der Waals surface area contributed by atoms with Crippen LogP contribution < -0.4 is 10.1 Å². The maximum absolute atomic E-state index is 12.9. The van der Waals surface area contributed by atoms with Gasteiger partial charge in [-0.1, -0.05) is 42.0 Å². The predicted octanol–water partition coefficient (Wildman–Crippen LogP) is 3.44. The van der Waals surface area contributed by atoms with Crippen LogP contribution in [-0.4, -0.2) is 56.8 Å². The summed E-state index contributed by atoms with van der Waals surface area (Å²) in [7, 11) is -1.84. The zero-order chi connectivity index (χ0) is 24.8. The molecule has 0 spiro atoms. The van der Waals surface area contributed by atoms with Crippen molar-refractivity contribution in [3.05, 3.63) is 95.1 Å². The molecule has 1 heterocycles. The molecule has 3 aromatic carbocycles. The molecule has 1 fully saturated rings. The highest BCUT2D eigenvalue weighted by Gasteiger charge is 2.28. The molecular weight excluding hydrogens is 462 g/mol. The Labute approximate surface area is 207 Å². The van der Waals surface area contributed by atoms with Crippen molar-refractivity contribution in [1.82, 2.24) is 14.5 Å². The second-order valence-electron chi connectivity index (χ2n) is 8.72. The van der Waals surface area contributed by atoms with Crippen LogP contribution in [-0.2, 0) is 23.1 Å². The molecule has 35 heavy (non-hydrogen) atoms. The maximum Gasteiger partial charge on any atom is 0.251 e. The third-order valence-electron chi connectivity index (χ3n) is 6.22. The first-order valence-corrected chi connectivity index (χ1v) is 13.1. The second-order valence-corrected chi connectivity index (χ2v) is 10.7. The zero-order valence-electron chi connectivity index (χ0n) is 20.1. The van der Waals surface area contributed by atoms with Gasteiger partial charge in [-0.3, -0.25) is 9.69 Å². The summed E-state index contributed by atoms with van der Waals surface area (Å²) in [6.07, 6.45) is 0. The molecule has 0 unspecified atom stereocenters. The fraction of sp³-hybridized carbons (Fsp3) is 0.296. The summed E-state index contributed by atoms with van der Waals surface area (Å²) in [4.78, 5) is 15.1. The minimum absolute atomic E-state index is 0.123. The maximum atomic E-state index is 12.9. The van der Waals surface area contributed by atoms with E-state index in [9.17, 15) is 13.2 Å². The Bertz CT molecular complexity index is 1230. The number of carbonyl (C=O) groups is 1. The van der Waals surface area contributed by atoms with Crippen molar-refractivity contribution in [2.75, 3.05) is 33.3 Å². The molecule has 4 rings (SSSR count). The minimum Gasteiger partial charge on any atom is -0.497 e. The van der Waals surface area contributed by atoms with Gasteiger partial charge < -0.3 is 10.1 Å². The zero-order valence-corrected chi connectivity index (χ0v) is 20.9. The predicted molar refractivity (Wildman–Crippen MR) is 136 cm³/mol. The summed E-state index contributed by atoms with van der Waals surface area (Å²) >= 11 is 0. The van der Waals surface area contributed by atoms with Gasteiger partial charge in [0.05, 0.1) is 12.0 Å². The molecule has 0 aliphatic carbocycles. The molecule has 0 radical (unpaired) electrons. The molecule has 0 saturated carbocycles. The number of ether oxygens (including phenoxy) is 1. The summed E-state index contributed by atoms with van der Waals surface area (Å²) in [6.45, 7) is 5.34. The molecule has 1 amide bonds. The van der Waals surface area contributed by atoms with E-state index in [-0.39, 0.29) is 5.91 Å². The Morgan fingerprint density at radius 3 is 2.06 bits per heavy atom. The van der Waals surface area contributed by atoms with E-state index in [2.05, 4.69) is 10.2 Å². The fourth-order valence-corrected chi connectivity index (χ4v) is 5.46. The number of piperazine rings is 1. The van der Waals surface area contributed by atoms with Gasteiger partial charge in [0.1, 0.15) is 5.75 Å². The Balaban J connectivity index is 1.26. The highest BCUT2D eigenvalue weighted by Crippen LogP contribution is 2.19. The van der Waals surface area contributed by atoms with E-state index in [4.69, 9.17) is 4.74 Å². The fourth-order valence-electron chi connectivity index (χ4n) is 4.03. The molecule has 0 bridgehead atoms. The van der Waals surface area contributed by atoms with E-state index >= 15 is 0 Å². The Morgan fingerprint density at radius 2 is 1.46 bits per heavy atom. The molecule has 8 heteroatoms. The number of methoxy groups -OCH3 is 1. The number of nitrogens with zero attached hydrogens (tertiary/aromatic N) is 2. The second kappa shape index (κ2) is 11.0. The lowest BCUT2D eigenvalue weighted by Gasteiger charge is -2.34. The highest BCUT2D eigenvalue weighted by molar-refractivity contribution is 7.89. The van der Waals surface area contributed by atoms with E-state index in [1.54, 1.807) is 23.5 Å². The smallest absolute Gasteiger partial charge is 0.251 e. The Kier molecular flexibility index (Phi) is 7.85. The number of sulfonamides is 1. The summed E-state index contributed by atoms with van der Waals surface area (Å²) < 4.78 is 32.5. The number of rotatable bonds is 8. The van der Waals surface area contributed by atoms with E-state index in [0.29, 0.717) is 49.7 Å². The molecule has 0 atom stereocenters. The first-order chi connectivity index (χ1) is 16.8. The van der Waals surface area contributed by atoms with Gasteiger partial charge in [-0.05, 0) is 54.4 Å². The Morgan fingerprint density at radius 1 is 0.857 bits per heavy atom. The molecule has 7 nitrogen and oxygen atoms in total. The molecule has 3 aromatic rings. The summed E-state index contributed by atoms with van der Waals surface area (Å²) in [5.74, 6) is 0.660. The van der Waals surface area contributed by atoms with Crippen molar-refractivity contribution in [3.63, 3.8) is 0 Å². The van der Waals surface area contributed by atoms with Crippen molar-refractivity contribution in [1.29, 1.82) is 0 Å². The first kappa shape index (κ1) is 24.9. The van der Waals surface area contributed by atoms with Gasteiger partial charge in [0.2, 0.25) is 10.0 Å². The van der Waals surface area contributed by atoms with Gasteiger partial charge in [-0.15, -0.1) is 0 Å². The van der Waals surface area contributed by atoms with Crippen LogP contribution in [0.1, 0.15) is 27.0 Å². The molecule has 1 N–H and O–H groups in total. The summed E-state index contributed by atoms with van der Waals surface area (Å²) in [6, 6.07) is 22.2. The molecular formula is C27H31N3O4S. The largest absolute Gasteiger partial charge is 0.497 e. The van der Waals surface area contributed by atoms with Crippen molar-refractivity contribution >= 4 is 15.9 Å². The SMILES string of the molecule is COc1ccc(CNC(=O)c2ccc(CN3CCN(S(=O)(=O)c4ccc(C)cc4)CC3)cc2)cc1. The van der Waals surface area contributed by atoms with Gasteiger partial charge in [0.15, 0.2) is 0 Å². The lowest BCUT2D eigenvalue weighted by atomic mass is 10.1. The monoisotopic (exact) mass is 493 g/mol. The number of nitrogens with one attached hydrogen (secondary N) is 1. The number of carbonyl (C=O) groups excluding carboxylic acids is 1. The quantitative estimate of drug-likeness (QED) is 0.520. The van der Waals surface area contributed by atoms with Crippen LogP contribution in [0.5, 0.6) is 5.75 Å². The van der Waals surface area contributed by atoms with E-state index in [1.807, 2.05) is 67.6 Å². The van der Waals surface area contributed by atoms with Crippen LogP contribution in [0.25, 0.3) is 0 Å². The number of amides is 1. The lowest BCUT2D eigenvalue weighted by molar-refractivity contribution is 0.0951. The van der Waals surface area contributed by atoms with Crippen molar-refractivity contribution in [2.45, 2.75) is 24.9 Å². The van der Waals surface area contributed by atoms with Crippen molar-refractivity contribution in [2.24, 2.45) is 0 Å². The first-order valence-electron chi connectivity index (χ1n) is 11.6. The summed E-state index contributed by atoms with van der Waals surface area (Å²) in [5, 5.41) is 2.94. The summed E-state index contributed by atoms with van der Waals surface area (Å²) in [5.41, 5.74) is 3.73. The third-order valence-corrected chi connectivity index (χ3v) is 8.14. The van der Waals surface area contributed by atoms with E-state index in [0.717, 1.165) is 22.4 Å². The van der Waals surface area contributed by atoms with Gasteiger partial charge >= 0.3 is 0 Å². The van der Waals surface area contributed by atoms with Crippen LogP contribution in [0.4, 0.5) is 0 Å². The van der Waals surface area contributed by atoms with Gasteiger partial charge in [-0.25, -0.2) is 8.42 Å². The van der Waals surface area contributed by atoms with Crippen LogP contribution in [0, 0.1) is 6.92 Å². The molecule has 0 aromatic heterocycles. The van der Waals surface area contributed by atoms with Crippen LogP contribution in [0.2, 0.25) is 0 Å². The molecule has 1 saturated heterocycles. The number of benzene rings is 3. The average Bonchev–Trinajstić information content (AvgIpc) is 2.88. The van der Waals surface area contributed by atoms with E-state index < -0.39 is 10.0 Å². The highest BCUT2D eigenvalue weighted by atomic mass is 32.2. The molecule has 1 aliphatic heterocycles.